The van der Waals surface area contributed by atoms with Crippen molar-refractivity contribution in [1.29, 1.82) is 0 Å². The SMILES string of the molecule is COc1ccc2c(C)c(CNC(C)C)oc2c1. The van der Waals surface area contributed by atoms with Crippen LogP contribution in [0.4, 0.5) is 0 Å². The molecule has 3 nitrogen and oxygen atoms in total. The number of ether oxygens (including phenoxy) is 1. The van der Waals surface area contributed by atoms with Crippen LogP contribution in [0.1, 0.15) is 25.2 Å². The van der Waals surface area contributed by atoms with Gasteiger partial charge in [-0.05, 0) is 24.6 Å². The first-order valence-electron chi connectivity index (χ1n) is 5.91. The number of fused-ring (bicyclic) bond motifs is 1. The van der Waals surface area contributed by atoms with Gasteiger partial charge in [-0.1, -0.05) is 13.8 Å². The summed E-state index contributed by atoms with van der Waals surface area (Å²) in [5, 5.41) is 4.53. The molecular weight excluding hydrogens is 214 g/mol. The van der Waals surface area contributed by atoms with E-state index in [1.807, 2.05) is 18.2 Å². The molecule has 0 fully saturated rings. The average molecular weight is 233 g/mol. The lowest BCUT2D eigenvalue weighted by atomic mass is 10.1. The van der Waals surface area contributed by atoms with E-state index in [0.717, 1.165) is 29.0 Å². The molecule has 0 saturated heterocycles. The highest BCUT2D eigenvalue weighted by Crippen LogP contribution is 2.28. The van der Waals surface area contributed by atoms with Crippen LogP contribution >= 0.6 is 0 Å². The van der Waals surface area contributed by atoms with Gasteiger partial charge in [-0.2, -0.15) is 0 Å². The van der Waals surface area contributed by atoms with E-state index < -0.39 is 0 Å². The molecule has 1 N–H and O–H groups in total. The highest BCUT2D eigenvalue weighted by atomic mass is 16.5. The molecular formula is C14H19NO2. The van der Waals surface area contributed by atoms with Crippen LogP contribution in [0.25, 0.3) is 11.0 Å². The first-order valence-corrected chi connectivity index (χ1v) is 5.91. The van der Waals surface area contributed by atoms with Crippen molar-refractivity contribution >= 4 is 11.0 Å². The third kappa shape index (κ3) is 2.44. The molecule has 0 aliphatic rings. The Kier molecular flexibility index (Phi) is 3.38. The number of benzene rings is 1. The van der Waals surface area contributed by atoms with Gasteiger partial charge >= 0.3 is 0 Å². The Labute approximate surface area is 102 Å². The fourth-order valence-corrected chi connectivity index (χ4v) is 1.85. The lowest BCUT2D eigenvalue weighted by molar-refractivity contribution is 0.414. The molecule has 0 atom stereocenters. The Balaban J connectivity index is 2.34. The molecule has 0 saturated carbocycles. The lowest BCUT2D eigenvalue weighted by Gasteiger charge is -2.05. The third-order valence-electron chi connectivity index (χ3n) is 2.92. The quantitative estimate of drug-likeness (QED) is 0.880. The maximum Gasteiger partial charge on any atom is 0.138 e. The average Bonchev–Trinajstić information content (AvgIpc) is 2.63. The van der Waals surface area contributed by atoms with Gasteiger partial charge in [-0.15, -0.1) is 0 Å². The predicted octanol–water partition coefficient (Wildman–Crippen LogP) is 3.25. The molecule has 0 aliphatic carbocycles. The summed E-state index contributed by atoms with van der Waals surface area (Å²) in [7, 11) is 1.66. The van der Waals surface area contributed by atoms with Gasteiger partial charge in [-0.25, -0.2) is 0 Å². The fourth-order valence-electron chi connectivity index (χ4n) is 1.85. The maximum atomic E-state index is 5.85. The first kappa shape index (κ1) is 12.0. The van der Waals surface area contributed by atoms with Crippen molar-refractivity contribution in [2.24, 2.45) is 0 Å². The molecule has 92 valence electrons. The van der Waals surface area contributed by atoms with Crippen LogP contribution in [-0.2, 0) is 6.54 Å². The minimum Gasteiger partial charge on any atom is -0.497 e. The van der Waals surface area contributed by atoms with Gasteiger partial charge in [0.15, 0.2) is 0 Å². The van der Waals surface area contributed by atoms with Crippen LogP contribution in [0.5, 0.6) is 5.75 Å². The molecule has 2 rings (SSSR count). The second-order valence-electron chi connectivity index (χ2n) is 4.55. The van der Waals surface area contributed by atoms with Crippen molar-refractivity contribution in [3.63, 3.8) is 0 Å². The Bertz CT molecular complexity index is 514. The van der Waals surface area contributed by atoms with Crippen molar-refractivity contribution in [1.82, 2.24) is 5.32 Å². The van der Waals surface area contributed by atoms with Gasteiger partial charge in [0.05, 0.1) is 13.7 Å². The van der Waals surface area contributed by atoms with Gasteiger partial charge < -0.3 is 14.5 Å². The number of hydrogen-bond acceptors (Lipinski definition) is 3. The number of methoxy groups -OCH3 is 1. The summed E-state index contributed by atoms with van der Waals surface area (Å²) in [6, 6.07) is 6.40. The molecule has 0 spiro atoms. The van der Waals surface area contributed by atoms with E-state index in [2.05, 4.69) is 26.1 Å². The van der Waals surface area contributed by atoms with Gasteiger partial charge in [0.25, 0.3) is 0 Å². The Morgan fingerprint density at radius 1 is 1.35 bits per heavy atom. The zero-order chi connectivity index (χ0) is 12.4. The molecule has 3 heteroatoms. The van der Waals surface area contributed by atoms with Crippen molar-refractivity contribution < 1.29 is 9.15 Å². The number of hydrogen-bond donors (Lipinski definition) is 1. The lowest BCUT2D eigenvalue weighted by Crippen LogP contribution is -2.21. The zero-order valence-electron chi connectivity index (χ0n) is 10.8. The van der Waals surface area contributed by atoms with E-state index >= 15 is 0 Å². The summed E-state index contributed by atoms with van der Waals surface area (Å²) in [4.78, 5) is 0. The van der Waals surface area contributed by atoms with Crippen LogP contribution in [0.15, 0.2) is 22.6 Å². The third-order valence-corrected chi connectivity index (χ3v) is 2.92. The van der Waals surface area contributed by atoms with Gasteiger partial charge in [0, 0.05) is 17.5 Å². The topological polar surface area (TPSA) is 34.4 Å². The molecule has 0 unspecified atom stereocenters. The molecule has 0 bridgehead atoms. The molecule has 2 aromatic rings. The molecule has 17 heavy (non-hydrogen) atoms. The van der Waals surface area contributed by atoms with E-state index in [1.54, 1.807) is 7.11 Å². The maximum absolute atomic E-state index is 5.85. The Morgan fingerprint density at radius 2 is 2.12 bits per heavy atom. The second-order valence-corrected chi connectivity index (χ2v) is 4.55. The van der Waals surface area contributed by atoms with Gasteiger partial charge in [0.2, 0.25) is 0 Å². The molecule has 1 aromatic heterocycles. The summed E-state index contributed by atoms with van der Waals surface area (Å²) in [6.07, 6.45) is 0. The van der Waals surface area contributed by atoms with Crippen molar-refractivity contribution in [2.45, 2.75) is 33.4 Å². The predicted molar refractivity (Wildman–Crippen MR) is 69.5 cm³/mol. The summed E-state index contributed by atoms with van der Waals surface area (Å²) in [5.74, 6) is 1.83. The standard InChI is InChI=1S/C14H19NO2/c1-9(2)15-8-14-10(3)12-6-5-11(16-4)7-13(12)17-14/h5-7,9,15H,8H2,1-4H3. The van der Waals surface area contributed by atoms with E-state index in [4.69, 9.17) is 9.15 Å². The van der Waals surface area contributed by atoms with Crippen LogP contribution in [0.2, 0.25) is 0 Å². The number of aryl methyl sites for hydroxylation is 1. The van der Waals surface area contributed by atoms with E-state index in [-0.39, 0.29) is 0 Å². The fraction of sp³-hybridized carbons (Fsp3) is 0.429. The Hall–Kier alpha value is -1.48. The molecule has 0 radical (unpaired) electrons. The van der Waals surface area contributed by atoms with E-state index in [1.165, 1.54) is 5.56 Å². The van der Waals surface area contributed by atoms with Crippen LogP contribution in [-0.4, -0.2) is 13.2 Å². The summed E-state index contributed by atoms with van der Waals surface area (Å²) in [6.45, 7) is 7.11. The van der Waals surface area contributed by atoms with Crippen LogP contribution < -0.4 is 10.1 Å². The molecule has 1 heterocycles. The minimum absolute atomic E-state index is 0.456. The Morgan fingerprint density at radius 3 is 2.76 bits per heavy atom. The normalized spacial score (nSPS) is 11.4. The highest BCUT2D eigenvalue weighted by Gasteiger charge is 2.11. The zero-order valence-corrected chi connectivity index (χ0v) is 10.8. The molecule has 0 amide bonds. The molecule has 1 aromatic carbocycles. The second kappa shape index (κ2) is 4.80. The largest absolute Gasteiger partial charge is 0.497 e. The first-order chi connectivity index (χ1) is 8.11. The number of rotatable bonds is 4. The van der Waals surface area contributed by atoms with Crippen molar-refractivity contribution in [3.05, 3.63) is 29.5 Å². The summed E-state index contributed by atoms with van der Waals surface area (Å²) < 4.78 is 11.0. The van der Waals surface area contributed by atoms with E-state index in [0.29, 0.717) is 6.04 Å². The highest BCUT2D eigenvalue weighted by molar-refractivity contribution is 5.83. The van der Waals surface area contributed by atoms with Crippen molar-refractivity contribution in [3.8, 4) is 5.75 Å². The summed E-state index contributed by atoms with van der Waals surface area (Å²) in [5.41, 5.74) is 2.10. The van der Waals surface area contributed by atoms with Crippen LogP contribution in [0, 0.1) is 6.92 Å². The van der Waals surface area contributed by atoms with Gasteiger partial charge in [0.1, 0.15) is 17.1 Å². The summed E-state index contributed by atoms with van der Waals surface area (Å²) >= 11 is 0. The smallest absolute Gasteiger partial charge is 0.138 e. The van der Waals surface area contributed by atoms with Crippen molar-refractivity contribution in [2.75, 3.05) is 7.11 Å². The van der Waals surface area contributed by atoms with Crippen LogP contribution in [0.3, 0.4) is 0 Å². The number of furan rings is 1. The number of nitrogens with one attached hydrogen (secondary N) is 1. The minimum atomic E-state index is 0.456. The molecule has 0 aliphatic heterocycles. The monoisotopic (exact) mass is 233 g/mol. The van der Waals surface area contributed by atoms with Gasteiger partial charge in [-0.3, -0.25) is 0 Å². The van der Waals surface area contributed by atoms with E-state index in [9.17, 15) is 0 Å².